The van der Waals surface area contributed by atoms with Crippen LogP contribution < -0.4 is 0 Å². The molecule has 3 atom stereocenters. The quantitative estimate of drug-likeness (QED) is 0.427. The Morgan fingerprint density at radius 1 is 1.25 bits per heavy atom. The summed E-state index contributed by atoms with van der Waals surface area (Å²) < 4.78 is 17.2. The molecule has 0 bridgehead atoms. The van der Waals surface area contributed by atoms with E-state index >= 15 is 0 Å². The van der Waals surface area contributed by atoms with Crippen LogP contribution in [0.25, 0.3) is 0 Å². The molecule has 0 radical (unpaired) electrons. The van der Waals surface area contributed by atoms with Gasteiger partial charge in [0.25, 0.3) is 0 Å². The first-order valence-corrected chi connectivity index (χ1v) is 11.8. The van der Waals surface area contributed by atoms with Gasteiger partial charge in [0.05, 0.1) is 5.76 Å². The maximum absolute atomic E-state index is 13.0. The normalized spacial score (nSPS) is 28.1. The van der Waals surface area contributed by atoms with Gasteiger partial charge in [0.1, 0.15) is 17.5 Å². The number of ether oxygens (including phenoxy) is 2. The third-order valence-corrected chi connectivity index (χ3v) is 4.96. The maximum Gasteiger partial charge on any atom is 0.323 e. The molecule has 0 amide bonds. The second kappa shape index (κ2) is 7.00. The number of allylic oxidation sites excluding steroid dienone is 1. The first kappa shape index (κ1) is 20.9. The van der Waals surface area contributed by atoms with Crippen molar-refractivity contribution < 1.29 is 23.5 Å². The van der Waals surface area contributed by atoms with Crippen molar-refractivity contribution >= 4 is 20.1 Å². The van der Waals surface area contributed by atoms with Gasteiger partial charge in [-0.05, 0) is 59.3 Å². The van der Waals surface area contributed by atoms with Crippen molar-refractivity contribution in [2.24, 2.45) is 11.3 Å². The molecule has 1 aliphatic rings. The number of Topliss-reactive ketones (excluding diaryl/α,β-unsaturated/α-hetero) is 1. The number of ketones is 1. The molecule has 0 aromatic heterocycles. The summed E-state index contributed by atoms with van der Waals surface area (Å²) in [6, 6.07) is 0. The topological polar surface area (TPSA) is 61.8 Å². The van der Waals surface area contributed by atoms with Gasteiger partial charge < -0.3 is 13.9 Å². The van der Waals surface area contributed by atoms with Gasteiger partial charge in [-0.3, -0.25) is 9.59 Å². The molecule has 0 saturated heterocycles. The Balaban J connectivity index is 3.34. The van der Waals surface area contributed by atoms with Crippen LogP contribution in [0.3, 0.4) is 0 Å². The highest BCUT2D eigenvalue weighted by atomic mass is 28.4. The zero-order valence-electron chi connectivity index (χ0n) is 16.5. The molecular weight excluding hydrogens is 324 g/mol. The van der Waals surface area contributed by atoms with Gasteiger partial charge in [-0.2, -0.15) is 0 Å². The van der Waals surface area contributed by atoms with E-state index < -0.39 is 31.4 Å². The number of rotatable bonds is 5. The highest BCUT2D eigenvalue weighted by molar-refractivity contribution is 6.70. The molecular formula is C18H32O5Si. The van der Waals surface area contributed by atoms with E-state index in [4.69, 9.17) is 13.9 Å². The Hall–Kier alpha value is -1.14. The summed E-state index contributed by atoms with van der Waals surface area (Å²) in [5.74, 6) is -0.232. The maximum atomic E-state index is 13.0. The van der Waals surface area contributed by atoms with Gasteiger partial charge in [-0.15, -0.1) is 0 Å². The zero-order valence-corrected chi connectivity index (χ0v) is 17.5. The molecule has 0 aromatic rings. The molecule has 1 aliphatic carbocycles. The molecule has 6 heteroatoms. The number of carbonyl (C=O) groups excluding carboxylic acids is 2. The Morgan fingerprint density at radius 2 is 1.79 bits per heavy atom. The van der Waals surface area contributed by atoms with E-state index in [9.17, 15) is 9.59 Å². The molecule has 0 N–H and O–H groups in total. The number of methoxy groups -OCH3 is 1. The van der Waals surface area contributed by atoms with Crippen LogP contribution in [-0.2, 0) is 23.5 Å². The van der Waals surface area contributed by atoms with Gasteiger partial charge in [-0.1, -0.05) is 6.92 Å². The van der Waals surface area contributed by atoms with Crippen LogP contribution in [-0.4, -0.2) is 38.9 Å². The smallest absolute Gasteiger partial charge is 0.323 e. The lowest BCUT2D eigenvalue weighted by molar-refractivity contribution is -0.183. The molecule has 24 heavy (non-hydrogen) atoms. The third kappa shape index (κ3) is 4.48. The predicted octanol–water partition coefficient (Wildman–Crippen LogP) is 3.69. The second-order valence-corrected chi connectivity index (χ2v) is 13.0. The Morgan fingerprint density at radius 3 is 2.17 bits per heavy atom. The fourth-order valence-corrected chi connectivity index (χ4v) is 4.14. The van der Waals surface area contributed by atoms with Crippen LogP contribution >= 0.6 is 0 Å². The van der Waals surface area contributed by atoms with E-state index in [0.29, 0.717) is 6.42 Å². The van der Waals surface area contributed by atoms with Crippen LogP contribution in [0.15, 0.2) is 11.8 Å². The Labute approximate surface area is 146 Å². The monoisotopic (exact) mass is 356 g/mol. The number of carbonyl (C=O) groups is 2. The molecule has 1 rings (SSSR count). The second-order valence-electron chi connectivity index (χ2n) is 8.54. The van der Waals surface area contributed by atoms with E-state index in [1.54, 1.807) is 26.8 Å². The van der Waals surface area contributed by atoms with Crippen LogP contribution in [0, 0.1) is 11.3 Å². The molecule has 0 heterocycles. The van der Waals surface area contributed by atoms with E-state index in [2.05, 4.69) is 19.6 Å². The minimum absolute atomic E-state index is 0.237. The van der Waals surface area contributed by atoms with Crippen molar-refractivity contribution in [3.63, 3.8) is 0 Å². The summed E-state index contributed by atoms with van der Waals surface area (Å²) in [4.78, 5) is 25.5. The summed E-state index contributed by atoms with van der Waals surface area (Å²) in [5, 5.41) is 0. The number of hydrogen-bond donors (Lipinski definition) is 0. The molecule has 0 saturated carbocycles. The third-order valence-electron chi connectivity index (χ3n) is 4.08. The van der Waals surface area contributed by atoms with Crippen molar-refractivity contribution in [3.8, 4) is 0 Å². The fourth-order valence-electron chi connectivity index (χ4n) is 3.21. The van der Waals surface area contributed by atoms with Crippen molar-refractivity contribution in [2.45, 2.75) is 72.4 Å². The summed E-state index contributed by atoms with van der Waals surface area (Å²) in [6.45, 7) is 15.0. The lowest BCUT2D eigenvalue weighted by Gasteiger charge is -2.44. The molecule has 0 aliphatic heterocycles. The lowest BCUT2D eigenvalue weighted by Crippen LogP contribution is -2.56. The zero-order chi connectivity index (χ0) is 18.9. The Kier molecular flexibility index (Phi) is 6.10. The molecule has 0 fully saturated rings. The van der Waals surface area contributed by atoms with E-state index in [-0.39, 0.29) is 11.7 Å². The van der Waals surface area contributed by atoms with Crippen molar-refractivity contribution in [1.82, 2.24) is 0 Å². The molecule has 0 unspecified atom stereocenters. The van der Waals surface area contributed by atoms with Crippen LogP contribution in [0.5, 0.6) is 0 Å². The Bertz CT molecular complexity index is 527. The van der Waals surface area contributed by atoms with Crippen LogP contribution in [0.2, 0.25) is 19.6 Å². The summed E-state index contributed by atoms with van der Waals surface area (Å²) in [7, 11) is -0.273. The number of esters is 1. The van der Waals surface area contributed by atoms with Gasteiger partial charge in [0, 0.05) is 13.5 Å². The minimum atomic E-state index is -1.78. The first-order valence-electron chi connectivity index (χ1n) is 8.41. The molecule has 0 spiro atoms. The number of hydrogen-bond acceptors (Lipinski definition) is 5. The SMILES string of the molecule is CO[C@@H]1C=C(O[Si](C)(C)C)C[C@@H](C)[C@@]1(C(C)=O)C(=O)OC(C)(C)C. The minimum Gasteiger partial charge on any atom is -0.547 e. The van der Waals surface area contributed by atoms with E-state index in [1.165, 1.54) is 14.0 Å². The van der Waals surface area contributed by atoms with Gasteiger partial charge in [-0.25, -0.2) is 0 Å². The predicted molar refractivity (Wildman–Crippen MR) is 96.1 cm³/mol. The summed E-state index contributed by atoms with van der Waals surface area (Å²) in [6.07, 6.45) is 1.60. The van der Waals surface area contributed by atoms with Crippen LogP contribution in [0.4, 0.5) is 0 Å². The van der Waals surface area contributed by atoms with E-state index in [0.717, 1.165) is 5.76 Å². The summed E-state index contributed by atoms with van der Waals surface area (Å²) in [5.41, 5.74) is -2.01. The van der Waals surface area contributed by atoms with Gasteiger partial charge in [0.15, 0.2) is 5.41 Å². The van der Waals surface area contributed by atoms with Crippen LogP contribution in [0.1, 0.15) is 41.0 Å². The largest absolute Gasteiger partial charge is 0.547 e. The van der Waals surface area contributed by atoms with Crippen molar-refractivity contribution in [1.29, 1.82) is 0 Å². The van der Waals surface area contributed by atoms with Crippen molar-refractivity contribution in [3.05, 3.63) is 11.8 Å². The average molecular weight is 357 g/mol. The highest BCUT2D eigenvalue weighted by Crippen LogP contribution is 2.45. The standard InChI is InChI=1S/C18H32O5Si/c1-12-10-14(23-24(7,8)9)11-15(21-6)18(12,13(2)19)16(20)22-17(3,4)5/h11-12,15H,10H2,1-9H3/t12-,15-,18+/m1/s1. The van der Waals surface area contributed by atoms with Crippen molar-refractivity contribution in [2.75, 3.05) is 7.11 Å². The highest BCUT2D eigenvalue weighted by Gasteiger charge is 2.58. The average Bonchev–Trinajstić information content (AvgIpc) is 2.32. The van der Waals surface area contributed by atoms with Gasteiger partial charge >= 0.3 is 5.97 Å². The fraction of sp³-hybridized carbons (Fsp3) is 0.778. The molecule has 138 valence electrons. The molecule has 5 nitrogen and oxygen atoms in total. The lowest BCUT2D eigenvalue weighted by atomic mass is 9.64. The molecule has 0 aromatic carbocycles. The van der Waals surface area contributed by atoms with E-state index in [1.807, 2.05) is 6.92 Å². The van der Waals surface area contributed by atoms with Gasteiger partial charge in [0.2, 0.25) is 8.32 Å². The first-order chi connectivity index (χ1) is 10.7. The summed E-state index contributed by atoms with van der Waals surface area (Å²) >= 11 is 0.